The third kappa shape index (κ3) is 4.87. The quantitative estimate of drug-likeness (QED) is 0.706. The second kappa shape index (κ2) is 7.74. The van der Waals surface area contributed by atoms with Crippen molar-refractivity contribution in [3.63, 3.8) is 0 Å². The van der Waals surface area contributed by atoms with Gasteiger partial charge in [0.1, 0.15) is 5.82 Å². The number of pyridine rings is 1. The van der Waals surface area contributed by atoms with Crippen LogP contribution < -0.4 is 4.90 Å². The molecule has 0 fully saturated rings. The Labute approximate surface area is 114 Å². The fourth-order valence-electron chi connectivity index (χ4n) is 1.78. The molecular weight excluding hydrogens is 244 g/mol. The van der Waals surface area contributed by atoms with Gasteiger partial charge < -0.3 is 14.4 Å². The Kier molecular flexibility index (Phi) is 6.29. The van der Waals surface area contributed by atoms with Crippen molar-refractivity contribution in [3.8, 4) is 0 Å². The lowest BCUT2D eigenvalue weighted by molar-refractivity contribution is 0.0600. The summed E-state index contributed by atoms with van der Waals surface area (Å²) >= 11 is 0. The Morgan fingerprint density at radius 2 is 2.16 bits per heavy atom. The van der Waals surface area contributed by atoms with Crippen LogP contribution in [-0.4, -0.2) is 44.9 Å². The third-order valence-corrected chi connectivity index (χ3v) is 2.64. The van der Waals surface area contributed by atoms with Gasteiger partial charge >= 0.3 is 5.97 Å². The zero-order chi connectivity index (χ0) is 14.3. The second-order valence-corrected chi connectivity index (χ2v) is 4.73. The van der Waals surface area contributed by atoms with Crippen molar-refractivity contribution < 1.29 is 14.3 Å². The van der Waals surface area contributed by atoms with Gasteiger partial charge in [-0.1, -0.05) is 13.8 Å². The van der Waals surface area contributed by atoms with Crippen LogP contribution in [0.2, 0.25) is 0 Å². The molecule has 0 bridgehead atoms. The van der Waals surface area contributed by atoms with E-state index < -0.39 is 0 Å². The van der Waals surface area contributed by atoms with Gasteiger partial charge in [-0.25, -0.2) is 9.78 Å². The first-order chi connectivity index (χ1) is 9.08. The maximum Gasteiger partial charge on any atom is 0.338 e. The molecule has 1 aromatic heterocycles. The van der Waals surface area contributed by atoms with E-state index in [4.69, 9.17) is 9.47 Å². The summed E-state index contributed by atoms with van der Waals surface area (Å²) in [6.07, 6.45) is 1.63. The summed E-state index contributed by atoms with van der Waals surface area (Å²) in [6, 6.07) is 3.41. The zero-order valence-electron chi connectivity index (χ0n) is 12.0. The first-order valence-electron chi connectivity index (χ1n) is 6.36. The highest BCUT2D eigenvalue weighted by Crippen LogP contribution is 2.15. The fraction of sp³-hybridized carbons (Fsp3) is 0.571. The number of hydrogen-bond acceptors (Lipinski definition) is 5. The molecule has 0 atom stereocenters. The Hall–Kier alpha value is -1.62. The van der Waals surface area contributed by atoms with Crippen LogP contribution >= 0.6 is 0 Å². The van der Waals surface area contributed by atoms with Gasteiger partial charge in [-0.2, -0.15) is 0 Å². The molecule has 1 heterocycles. The summed E-state index contributed by atoms with van der Waals surface area (Å²) in [5, 5.41) is 0. The Morgan fingerprint density at radius 1 is 1.42 bits per heavy atom. The number of carbonyl (C=O) groups is 1. The molecule has 0 unspecified atom stereocenters. The smallest absolute Gasteiger partial charge is 0.338 e. The SMILES string of the molecule is COCCN(CC(C)C)c1cc(C(=O)OC)ccn1. The van der Waals surface area contributed by atoms with Crippen LogP contribution in [0.5, 0.6) is 0 Å². The standard InChI is InChI=1S/C14H22N2O3/c1-11(2)10-16(7-8-18-3)13-9-12(5-6-15-13)14(17)19-4/h5-6,9,11H,7-8,10H2,1-4H3. The molecule has 0 N–H and O–H groups in total. The molecular formula is C14H22N2O3. The average molecular weight is 266 g/mol. The highest BCUT2D eigenvalue weighted by Gasteiger charge is 2.13. The van der Waals surface area contributed by atoms with E-state index in [-0.39, 0.29) is 5.97 Å². The van der Waals surface area contributed by atoms with Crippen molar-refractivity contribution in [3.05, 3.63) is 23.9 Å². The maximum absolute atomic E-state index is 11.5. The van der Waals surface area contributed by atoms with Gasteiger partial charge in [0.2, 0.25) is 0 Å². The van der Waals surface area contributed by atoms with E-state index in [9.17, 15) is 4.79 Å². The minimum atomic E-state index is -0.347. The summed E-state index contributed by atoms with van der Waals surface area (Å²) in [7, 11) is 3.05. The Morgan fingerprint density at radius 3 is 2.74 bits per heavy atom. The van der Waals surface area contributed by atoms with E-state index in [1.165, 1.54) is 7.11 Å². The third-order valence-electron chi connectivity index (χ3n) is 2.64. The van der Waals surface area contributed by atoms with Crippen molar-refractivity contribution in [2.45, 2.75) is 13.8 Å². The number of anilines is 1. The van der Waals surface area contributed by atoms with Gasteiger partial charge in [0.25, 0.3) is 0 Å². The number of ether oxygens (including phenoxy) is 2. The Bertz CT molecular complexity index is 407. The summed E-state index contributed by atoms with van der Waals surface area (Å²) in [4.78, 5) is 18.0. The summed E-state index contributed by atoms with van der Waals surface area (Å²) < 4.78 is 9.84. The van der Waals surface area contributed by atoms with Gasteiger partial charge in [-0.05, 0) is 18.1 Å². The molecule has 0 spiro atoms. The molecule has 0 aliphatic carbocycles. The van der Waals surface area contributed by atoms with Crippen molar-refractivity contribution in [2.75, 3.05) is 38.8 Å². The van der Waals surface area contributed by atoms with Crippen LogP contribution in [0.25, 0.3) is 0 Å². The highest BCUT2D eigenvalue weighted by molar-refractivity contribution is 5.90. The van der Waals surface area contributed by atoms with E-state index in [1.807, 2.05) is 0 Å². The number of esters is 1. The molecule has 0 aromatic carbocycles. The number of rotatable bonds is 7. The van der Waals surface area contributed by atoms with Gasteiger partial charge in [0, 0.05) is 26.4 Å². The zero-order valence-corrected chi connectivity index (χ0v) is 12.0. The molecule has 1 aromatic rings. The molecule has 5 heteroatoms. The van der Waals surface area contributed by atoms with Crippen LogP contribution in [0.1, 0.15) is 24.2 Å². The number of nitrogens with zero attached hydrogens (tertiary/aromatic N) is 2. The van der Waals surface area contributed by atoms with Crippen molar-refractivity contribution in [2.24, 2.45) is 5.92 Å². The lowest BCUT2D eigenvalue weighted by atomic mass is 10.2. The van der Waals surface area contributed by atoms with Crippen LogP contribution in [0, 0.1) is 5.92 Å². The van der Waals surface area contributed by atoms with Crippen LogP contribution in [0.4, 0.5) is 5.82 Å². The van der Waals surface area contributed by atoms with Gasteiger partial charge in [0.05, 0.1) is 19.3 Å². The van der Waals surface area contributed by atoms with Gasteiger partial charge in [0.15, 0.2) is 0 Å². The van der Waals surface area contributed by atoms with Crippen molar-refractivity contribution in [1.82, 2.24) is 4.98 Å². The van der Waals surface area contributed by atoms with Crippen LogP contribution in [0.15, 0.2) is 18.3 Å². The minimum Gasteiger partial charge on any atom is -0.465 e. The second-order valence-electron chi connectivity index (χ2n) is 4.73. The van der Waals surface area contributed by atoms with Crippen molar-refractivity contribution >= 4 is 11.8 Å². The molecule has 5 nitrogen and oxygen atoms in total. The van der Waals surface area contributed by atoms with E-state index in [2.05, 4.69) is 23.7 Å². The molecule has 0 saturated carbocycles. The molecule has 0 aliphatic heterocycles. The number of hydrogen-bond donors (Lipinski definition) is 0. The number of methoxy groups -OCH3 is 2. The predicted molar refractivity (Wildman–Crippen MR) is 74.5 cm³/mol. The lowest BCUT2D eigenvalue weighted by Crippen LogP contribution is -2.31. The van der Waals surface area contributed by atoms with E-state index in [1.54, 1.807) is 25.4 Å². The first-order valence-corrected chi connectivity index (χ1v) is 6.36. The number of aromatic nitrogens is 1. The first kappa shape index (κ1) is 15.4. The molecule has 19 heavy (non-hydrogen) atoms. The summed E-state index contributed by atoms with van der Waals surface area (Å²) in [6.45, 7) is 6.51. The predicted octanol–water partition coefficient (Wildman–Crippen LogP) is 1.98. The molecule has 1 rings (SSSR count). The van der Waals surface area contributed by atoms with Gasteiger partial charge in [-0.3, -0.25) is 0 Å². The van der Waals surface area contributed by atoms with E-state index >= 15 is 0 Å². The normalized spacial score (nSPS) is 10.6. The fourth-order valence-corrected chi connectivity index (χ4v) is 1.78. The maximum atomic E-state index is 11.5. The van der Waals surface area contributed by atoms with Gasteiger partial charge in [-0.15, -0.1) is 0 Å². The van der Waals surface area contributed by atoms with E-state index in [0.29, 0.717) is 18.1 Å². The van der Waals surface area contributed by atoms with Crippen LogP contribution in [0.3, 0.4) is 0 Å². The molecule has 106 valence electrons. The van der Waals surface area contributed by atoms with Crippen LogP contribution in [-0.2, 0) is 9.47 Å². The average Bonchev–Trinajstić information content (AvgIpc) is 2.42. The summed E-state index contributed by atoms with van der Waals surface area (Å²) in [5.74, 6) is 0.925. The molecule has 0 radical (unpaired) electrons. The molecule has 0 saturated heterocycles. The molecule has 0 aliphatic rings. The topological polar surface area (TPSA) is 51.7 Å². The monoisotopic (exact) mass is 266 g/mol. The van der Waals surface area contributed by atoms with Crippen molar-refractivity contribution in [1.29, 1.82) is 0 Å². The minimum absolute atomic E-state index is 0.347. The highest BCUT2D eigenvalue weighted by atomic mass is 16.5. The molecule has 0 amide bonds. The largest absolute Gasteiger partial charge is 0.465 e. The summed E-state index contributed by atoms with van der Waals surface area (Å²) in [5.41, 5.74) is 0.513. The lowest BCUT2D eigenvalue weighted by Gasteiger charge is -2.25. The Balaban J connectivity index is 2.90. The number of carbonyl (C=O) groups excluding carboxylic acids is 1. The van der Waals surface area contributed by atoms with E-state index in [0.717, 1.165) is 18.9 Å².